The van der Waals surface area contributed by atoms with Gasteiger partial charge in [-0.1, -0.05) is 58.4 Å². The molecule has 106 valence electrons. The number of rotatable bonds is 5. The number of hydrogen-bond acceptors (Lipinski definition) is 1. The number of aryl methyl sites for hydroxylation is 2. The van der Waals surface area contributed by atoms with E-state index in [9.17, 15) is 0 Å². The van der Waals surface area contributed by atoms with Crippen LogP contribution in [0.25, 0.3) is 0 Å². The zero-order chi connectivity index (χ0) is 14.5. The second-order valence-electron chi connectivity index (χ2n) is 5.23. The molecule has 20 heavy (non-hydrogen) atoms. The van der Waals surface area contributed by atoms with Gasteiger partial charge in [0.15, 0.2) is 0 Å². The molecule has 1 atom stereocenters. The number of ether oxygens (including phenoxy) is 1. The maximum absolute atomic E-state index is 6.13. The smallest absolute Gasteiger partial charge is 0.125 e. The van der Waals surface area contributed by atoms with Gasteiger partial charge in [-0.05, 0) is 43.0 Å². The van der Waals surface area contributed by atoms with Crippen molar-refractivity contribution < 1.29 is 4.74 Å². The minimum absolute atomic E-state index is 0.371. The second-order valence-corrected chi connectivity index (χ2v) is 5.87. The number of hydrogen-bond donors (Lipinski definition) is 0. The molecule has 0 bridgehead atoms. The molecule has 1 nitrogen and oxygen atoms in total. The number of benzene rings is 2. The Morgan fingerprint density at radius 1 is 0.950 bits per heavy atom. The summed E-state index contributed by atoms with van der Waals surface area (Å²) in [6.07, 6.45) is 0. The van der Waals surface area contributed by atoms with Gasteiger partial charge >= 0.3 is 0 Å². The Labute approximate surface area is 130 Å². The molecule has 0 fully saturated rings. The van der Waals surface area contributed by atoms with Crippen molar-refractivity contribution in [3.63, 3.8) is 0 Å². The summed E-state index contributed by atoms with van der Waals surface area (Å²) in [5, 5.41) is 0.904. The molecular formula is C18H21BrO. The van der Waals surface area contributed by atoms with Crippen molar-refractivity contribution >= 4 is 15.9 Å². The molecule has 0 aromatic heterocycles. The van der Waals surface area contributed by atoms with Gasteiger partial charge in [-0.2, -0.15) is 0 Å². The van der Waals surface area contributed by atoms with Gasteiger partial charge in [-0.25, -0.2) is 0 Å². The van der Waals surface area contributed by atoms with Crippen molar-refractivity contribution in [2.75, 3.05) is 11.9 Å². The van der Waals surface area contributed by atoms with Crippen molar-refractivity contribution in [2.45, 2.75) is 26.7 Å². The van der Waals surface area contributed by atoms with Crippen molar-refractivity contribution in [1.29, 1.82) is 0 Å². The summed E-state index contributed by atoms with van der Waals surface area (Å²) in [5.41, 5.74) is 5.04. The van der Waals surface area contributed by atoms with E-state index >= 15 is 0 Å². The van der Waals surface area contributed by atoms with E-state index in [2.05, 4.69) is 73.1 Å². The van der Waals surface area contributed by atoms with Crippen molar-refractivity contribution in [3.8, 4) is 5.75 Å². The Hall–Kier alpha value is -1.28. The van der Waals surface area contributed by atoms with Crippen LogP contribution in [-0.2, 0) is 0 Å². The topological polar surface area (TPSA) is 9.23 Å². The summed E-state index contributed by atoms with van der Waals surface area (Å²) >= 11 is 3.60. The second kappa shape index (κ2) is 6.94. The average molecular weight is 333 g/mol. The normalized spacial score (nSPS) is 12.2. The zero-order valence-corrected chi connectivity index (χ0v) is 13.9. The van der Waals surface area contributed by atoms with E-state index in [1.165, 1.54) is 22.3 Å². The average Bonchev–Trinajstić information content (AvgIpc) is 2.48. The van der Waals surface area contributed by atoms with Gasteiger partial charge in [0.25, 0.3) is 0 Å². The van der Waals surface area contributed by atoms with Gasteiger partial charge in [-0.3, -0.25) is 0 Å². The SMILES string of the molecule is Cc1ccc(C)c(OCC(CBr)c2ccccc2)c1C. The molecule has 0 amide bonds. The molecule has 2 rings (SSSR count). The van der Waals surface area contributed by atoms with Gasteiger partial charge in [0, 0.05) is 11.2 Å². The minimum Gasteiger partial charge on any atom is -0.492 e. The van der Waals surface area contributed by atoms with E-state index in [0.29, 0.717) is 12.5 Å². The lowest BCUT2D eigenvalue weighted by molar-refractivity contribution is 0.294. The van der Waals surface area contributed by atoms with E-state index in [-0.39, 0.29) is 0 Å². The van der Waals surface area contributed by atoms with E-state index in [1.807, 2.05) is 6.07 Å². The lowest BCUT2D eigenvalue weighted by Gasteiger charge is -2.19. The van der Waals surface area contributed by atoms with Crippen LogP contribution < -0.4 is 4.74 Å². The van der Waals surface area contributed by atoms with Crippen LogP contribution in [0.1, 0.15) is 28.2 Å². The fourth-order valence-electron chi connectivity index (χ4n) is 2.29. The highest BCUT2D eigenvalue weighted by molar-refractivity contribution is 9.09. The summed E-state index contributed by atoms with van der Waals surface area (Å²) in [5.74, 6) is 1.40. The summed E-state index contributed by atoms with van der Waals surface area (Å²) in [6, 6.07) is 14.8. The van der Waals surface area contributed by atoms with Gasteiger partial charge in [0.05, 0.1) is 6.61 Å². The molecule has 2 heteroatoms. The molecule has 2 aromatic carbocycles. The van der Waals surface area contributed by atoms with Crippen molar-refractivity contribution in [3.05, 3.63) is 64.7 Å². The highest BCUT2D eigenvalue weighted by Gasteiger charge is 2.13. The Kier molecular flexibility index (Phi) is 5.24. The van der Waals surface area contributed by atoms with E-state index in [1.54, 1.807) is 0 Å². The van der Waals surface area contributed by atoms with Crippen LogP contribution in [0.5, 0.6) is 5.75 Å². The van der Waals surface area contributed by atoms with E-state index < -0.39 is 0 Å². The van der Waals surface area contributed by atoms with Crippen molar-refractivity contribution in [1.82, 2.24) is 0 Å². The quantitative estimate of drug-likeness (QED) is 0.686. The summed E-state index contributed by atoms with van der Waals surface area (Å²) in [6.45, 7) is 7.05. The first kappa shape index (κ1) is 15.1. The summed E-state index contributed by atoms with van der Waals surface area (Å²) in [7, 11) is 0. The maximum Gasteiger partial charge on any atom is 0.125 e. The fraction of sp³-hybridized carbons (Fsp3) is 0.333. The minimum atomic E-state index is 0.371. The molecule has 0 saturated heterocycles. The van der Waals surface area contributed by atoms with Gasteiger partial charge in [0.2, 0.25) is 0 Å². The Balaban J connectivity index is 2.14. The third kappa shape index (κ3) is 3.43. The molecule has 0 aliphatic heterocycles. The van der Waals surface area contributed by atoms with Gasteiger partial charge in [0.1, 0.15) is 5.75 Å². The first-order valence-electron chi connectivity index (χ1n) is 6.94. The predicted octanol–water partition coefficient (Wildman–Crippen LogP) is 5.17. The van der Waals surface area contributed by atoms with Crippen LogP contribution in [0.2, 0.25) is 0 Å². The Bertz CT molecular complexity index is 563. The Morgan fingerprint density at radius 2 is 1.60 bits per heavy atom. The highest BCUT2D eigenvalue weighted by Crippen LogP contribution is 2.28. The molecule has 0 radical (unpaired) electrons. The lowest BCUT2D eigenvalue weighted by Crippen LogP contribution is -2.13. The standard InChI is InChI=1S/C18H21BrO/c1-13-9-10-14(2)18(15(13)3)20-12-17(11-19)16-7-5-4-6-8-16/h4-10,17H,11-12H2,1-3H3. The third-order valence-corrected chi connectivity index (χ3v) is 4.54. The van der Waals surface area contributed by atoms with E-state index in [4.69, 9.17) is 4.74 Å². The highest BCUT2D eigenvalue weighted by atomic mass is 79.9. The third-order valence-electron chi connectivity index (χ3n) is 3.76. The van der Waals surface area contributed by atoms with Gasteiger partial charge < -0.3 is 4.74 Å². The van der Waals surface area contributed by atoms with Crippen molar-refractivity contribution in [2.24, 2.45) is 0 Å². The van der Waals surface area contributed by atoms with Crippen LogP contribution in [-0.4, -0.2) is 11.9 Å². The molecule has 2 aromatic rings. The largest absolute Gasteiger partial charge is 0.492 e. The van der Waals surface area contributed by atoms with Crippen LogP contribution in [0.4, 0.5) is 0 Å². The molecule has 0 saturated carbocycles. The maximum atomic E-state index is 6.13. The first-order valence-corrected chi connectivity index (χ1v) is 8.06. The molecular weight excluding hydrogens is 312 g/mol. The predicted molar refractivity (Wildman–Crippen MR) is 89.1 cm³/mol. The molecule has 0 spiro atoms. The van der Waals surface area contributed by atoms with Crippen LogP contribution in [0.15, 0.2) is 42.5 Å². The Morgan fingerprint density at radius 3 is 2.25 bits per heavy atom. The fourth-order valence-corrected chi connectivity index (χ4v) is 2.85. The number of halogens is 1. The van der Waals surface area contributed by atoms with Crippen LogP contribution in [0.3, 0.4) is 0 Å². The summed E-state index contributed by atoms with van der Waals surface area (Å²) < 4.78 is 6.13. The first-order chi connectivity index (χ1) is 9.63. The molecule has 0 N–H and O–H groups in total. The van der Waals surface area contributed by atoms with Crippen LogP contribution >= 0.6 is 15.9 Å². The van der Waals surface area contributed by atoms with Crippen LogP contribution in [0, 0.1) is 20.8 Å². The number of alkyl halides is 1. The molecule has 0 aliphatic rings. The molecule has 0 heterocycles. The molecule has 0 aliphatic carbocycles. The molecule has 1 unspecified atom stereocenters. The van der Waals surface area contributed by atoms with E-state index in [0.717, 1.165) is 11.1 Å². The lowest BCUT2D eigenvalue weighted by atomic mass is 10.0. The summed E-state index contributed by atoms with van der Waals surface area (Å²) in [4.78, 5) is 0. The van der Waals surface area contributed by atoms with Gasteiger partial charge in [-0.15, -0.1) is 0 Å². The monoisotopic (exact) mass is 332 g/mol. The zero-order valence-electron chi connectivity index (χ0n) is 12.3.